The van der Waals surface area contributed by atoms with E-state index in [4.69, 9.17) is 9.52 Å². The predicted molar refractivity (Wildman–Crippen MR) is 119 cm³/mol. The van der Waals surface area contributed by atoms with Gasteiger partial charge in [0.25, 0.3) is 10.1 Å². The van der Waals surface area contributed by atoms with Crippen LogP contribution in [0.4, 0.5) is 18.9 Å². The highest BCUT2D eigenvalue weighted by atomic mass is 32.2. The lowest BCUT2D eigenvalue weighted by atomic mass is 9.87. The van der Waals surface area contributed by atoms with E-state index >= 15 is 0 Å². The molecule has 0 fully saturated rings. The standard InChI is InChI=1S/C22H24F3NO7S/c1-21(2)11-13(12-34(30,31)32)14-8-15-16(22(23,24)25)9-20(29)33-18(15)10-17(14)26(21)7-5-3-4-6-19(27)28/h8-11H,3-7,12H2,1-2H3,(H,27,28)(H,30,31,32). The van der Waals surface area contributed by atoms with Gasteiger partial charge < -0.3 is 14.4 Å². The van der Waals surface area contributed by atoms with Gasteiger partial charge in [0.15, 0.2) is 0 Å². The quantitative estimate of drug-likeness (QED) is 0.310. The maximum Gasteiger partial charge on any atom is 0.417 e. The molecule has 0 amide bonds. The molecular formula is C22H24F3NO7S. The number of aliphatic carboxylic acids is 1. The fourth-order valence-electron chi connectivity index (χ4n) is 4.25. The molecule has 0 bridgehead atoms. The average Bonchev–Trinajstić information content (AvgIpc) is 2.65. The number of carboxylic acid groups (broad SMARTS) is 1. The third-order valence-electron chi connectivity index (χ3n) is 5.64. The first-order valence-electron chi connectivity index (χ1n) is 10.4. The average molecular weight is 503 g/mol. The zero-order chi connectivity index (χ0) is 25.5. The molecule has 8 nitrogen and oxygen atoms in total. The Kier molecular flexibility index (Phi) is 6.87. The molecule has 12 heteroatoms. The van der Waals surface area contributed by atoms with Crippen LogP contribution in [0.25, 0.3) is 16.5 Å². The van der Waals surface area contributed by atoms with Crippen molar-refractivity contribution >= 4 is 38.3 Å². The maximum atomic E-state index is 13.6. The maximum absolute atomic E-state index is 13.6. The summed E-state index contributed by atoms with van der Waals surface area (Å²) in [6.07, 6.45) is -1.69. The summed E-state index contributed by atoms with van der Waals surface area (Å²) in [6, 6.07) is 2.74. The molecule has 1 aliphatic rings. The van der Waals surface area contributed by atoms with Crippen LogP contribution in [-0.4, -0.2) is 41.9 Å². The summed E-state index contributed by atoms with van der Waals surface area (Å²) < 4.78 is 78.6. The number of carboxylic acids is 1. The lowest BCUT2D eigenvalue weighted by molar-refractivity contribution is -0.137. The van der Waals surface area contributed by atoms with Crippen LogP contribution in [-0.2, 0) is 21.1 Å². The van der Waals surface area contributed by atoms with Crippen LogP contribution in [0.5, 0.6) is 0 Å². The number of halogens is 3. The van der Waals surface area contributed by atoms with Gasteiger partial charge in [0.05, 0.1) is 11.1 Å². The third-order valence-corrected chi connectivity index (χ3v) is 6.31. The summed E-state index contributed by atoms with van der Waals surface area (Å²) in [7, 11) is -4.50. The van der Waals surface area contributed by atoms with Crippen molar-refractivity contribution in [2.24, 2.45) is 0 Å². The second-order valence-corrected chi connectivity index (χ2v) is 10.2. The number of unbranched alkanes of at least 4 members (excludes halogenated alkanes) is 2. The summed E-state index contributed by atoms with van der Waals surface area (Å²) >= 11 is 0. The number of nitrogens with zero attached hydrogens (tertiary/aromatic N) is 1. The van der Waals surface area contributed by atoms with Gasteiger partial charge in [0.2, 0.25) is 0 Å². The largest absolute Gasteiger partial charge is 0.481 e. The molecule has 0 saturated heterocycles. The molecule has 3 rings (SSSR count). The van der Waals surface area contributed by atoms with Crippen LogP contribution in [0.15, 0.2) is 33.5 Å². The molecule has 1 aromatic heterocycles. The fourth-order valence-corrected chi connectivity index (χ4v) is 4.88. The van der Waals surface area contributed by atoms with Crippen molar-refractivity contribution in [1.82, 2.24) is 0 Å². The van der Waals surface area contributed by atoms with Gasteiger partial charge in [-0.3, -0.25) is 9.35 Å². The molecule has 0 spiro atoms. The first-order chi connectivity index (χ1) is 15.6. The van der Waals surface area contributed by atoms with Crippen molar-refractivity contribution in [2.75, 3.05) is 17.2 Å². The van der Waals surface area contributed by atoms with Crippen molar-refractivity contribution < 1.29 is 40.5 Å². The highest BCUT2D eigenvalue weighted by molar-refractivity contribution is 7.86. The summed E-state index contributed by atoms with van der Waals surface area (Å²) in [4.78, 5) is 24.4. The third kappa shape index (κ3) is 5.79. The lowest BCUT2D eigenvalue weighted by Crippen LogP contribution is -2.46. The molecule has 1 aromatic carbocycles. The molecule has 0 atom stereocenters. The number of rotatable bonds is 8. The van der Waals surface area contributed by atoms with Gasteiger partial charge >= 0.3 is 17.8 Å². The zero-order valence-electron chi connectivity index (χ0n) is 18.5. The smallest absolute Gasteiger partial charge is 0.417 e. The summed E-state index contributed by atoms with van der Waals surface area (Å²) in [5.74, 6) is -1.72. The van der Waals surface area contributed by atoms with Crippen LogP contribution in [0, 0.1) is 0 Å². The Bertz CT molecular complexity index is 1310. The molecule has 2 heterocycles. The molecular weight excluding hydrogens is 479 g/mol. The topological polar surface area (TPSA) is 125 Å². The van der Waals surface area contributed by atoms with Crippen LogP contribution >= 0.6 is 0 Å². The SMILES string of the molecule is CC1(C)C=C(CS(=O)(=O)O)c2cc3c(C(F)(F)F)cc(=O)oc3cc2N1CCCCCC(=O)O. The molecule has 0 radical (unpaired) electrons. The van der Waals surface area contributed by atoms with Gasteiger partial charge in [-0.2, -0.15) is 21.6 Å². The van der Waals surface area contributed by atoms with Gasteiger partial charge in [-0.25, -0.2) is 4.79 Å². The summed E-state index contributed by atoms with van der Waals surface area (Å²) in [5.41, 5.74) is -2.88. The van der Waals surface area contributed by atoms with Gasteiger partial charge in [0.1, 0.15) is 11.3 Å². The number of hydrogen-bond donors (Lipinski definition) is 2. The summed E-state index contributed by atoms with van der Waals surface area (Å²) in [5, 5.41) is 8.39. The van der Waals surface area contributed by atoms with Crippen LogP contribution in [0.1, 0.15) is 50.7 Å². The van der Waals surface area contributed by atoms with Crippen molar-refractivity contribution in [1.29, 1.82) is 0 Å². The molecule has 186 valence electrons. The number of hydrogen-bond acceptors (Lipinski definition) is 6. The molecule has 0 saturated carbocycles. The van der Waals surface area contributed by atoms with E-state index in [9.17, 15) is 35.7 Å². The normalized spacial score (nSPS) is 15.8. The fraction of sp³-hybridized carbons (Fsp3) is 0.455. The van der Waals surface area contributed by atoms with E-state index in [2.05, 4.69) is 0 Å². The molecule has 1 aliphatic heterocycles. The first-order valence-corrected chi connectivity index (χ1v) is 12.1. The van der Waals surface area contributed by atoms with E-state index in [-0.39, 0.29) is 23.1 Å². The van der Waals surface area contributed by atoms with Gasteiger partial charge in [0, 0.05) is 41.7 Å². The molecule has 0 unspecified atom stereocenters. The number of fused-ring (bicyclic) bond motifs is 2. The Balaban J connectivity index is 2.16. The predicted octanol–water partition coefficient (Wildman–Crippen LogP) is 4.33. The van der Waals surface area contributed by atoms with E-state index in [1.54, 1.807) is 19.9 Å². The summed E-state index contributed by atoms with van der Waals surface area (Å²) in [6.45, 7) is 3.91. The van der Waals surface area contributed by atoms with Crippen LogP contribution in [0.3, 0.4) is 0 Å². The monoisotopic (exact) mass is 503 g/mol. The zero-order valence-corrected chi connectivity index (χ0v) is 19.3. The Morgan fingerprint density at radius 3 is 2.41 bits per heavy atom. The lowest BCUT2D eigenvalue weighted by Gasteiger charge is -2.44. The Morgan fingerprint density at radius 2 is 1.82 bits per heavy atom. The highest BCUT2D eigenvalue weighted by Gasteiger charge is 2.37. The minimum Gasteiger partial charge on any atom is -0.481 e. The van der Waals surface area contributed by atoms with Crippen molar-refractivity contribution in [3.8, 4) is 0 Å². The van der Waals surface area contributed by atoms with Gasteiger partial charge in [-0.15, -0.1) is 0 Å². The van der Waals surface area contributed by atoms with E-state index in [0.717, 1.165) is 6.07 Å². The van der Waals surface area contributed by atoms with Crippen molar-refractivity contribution in [2.45, 2.75) is 51.2 Å². The van der Waals surface area contributed by atoms with Crippen LogP contribution in [0.2, 0.25) is 0 Å². The molecule has 2 aromatic rings. The van der Waals surface area contributed by atoms with Crippen LogP contribution < -0.4 is 10.5 Å². The number of carbonyl (C=O) groups is 1. The van der Waals surface area contributed by atoms with E-state index in [1.807, 2.05) is 4.90 Å². The van der Waals surface area contributed by atoms with Gasteiger partial charge in [-0.1, -0.05) is 12.5 Å². The van der Waals surface area contributed by atoms with E-state index in [0.29, 0.717) is 37.6 Å². The second-order valence-electron chi connectivity index (χ2n) is 8.75. The molecule has 2 N–H and O–H groups in total. The number of anilines is 1. The Labute approximate surface area is 193 Å². The van der Waals surface area contributed by atoms with Crippen molar-refractivity contribution in [3.63, 3.8) is 0 Å². The second kappa shape index (κ2) is 9.06. The highest BCUT2D eigenvalue weighted by Crippen LogP contribution is 2.44. The number of alkyl halides is 3. The number of benzene rings is 1. The molecule has 34 heavy (non-hydrogen) atoms. The first kappa shape index (κ1) is 25.8. The van der Waals surface area contributed by atoms with Gasteiger partial charge in [-0.05, 0) is 38.3 Å². The van der Waals surface area contributed by atoms with E-state index in [1.165, 1.54) is 6.07 Å². The Hall–Kier alpha value is -2.86. The molecule has 0 aliphatic carbocycles. The van der Waals surface area contributed by atoms with E-state index < -0.39 is 50.1 Å². The minimum absolute atomic E-state index is 0.00834. The Morgan fingerprint density at radius 1 is 1.15 bits per heavy atom. The van der Waals surface area contributed by atoms with Crippen molar-refractivity contribution in [3.05, 3.63) is 45.8 Å². The minimum atomic E-state index is -4.85.